The number of nitrogens with zero attached hydrogens (tertiary/aromatic N) is 2. The maximum absolute atomic E-state index is 11.6. The van der Waals surface area contributed by atoms with Crippen LogP contribution in [0, 0.1) is 11.3 Å². The number of hydrogen-bond acceptors (Lipinski definition) is 3. The van der Waals surface area contributed by atoms with Crippen molar-refractivity contribution in [1.82, 2.24) is 4.90 Å². The molecule has 86 valence electrons. The van der Waals surface area contributed by atoms with Crippen LogP contribution < -0.4 is 0 Å². The molecule has 1 amide bonds. The molecule has 2 rings (SSSR count). The molecule has 1 saturated heterocycles. The SMILES string of the molecule is N#Cc1cccc(/C=C/C(=O)N2CC(O)C2)c1. The third-order valence-corrected chi connectivity index (χ3v) is 2.61. The lowest BCUT2D eigenvalue weighted by Crippen LogP contribution is -2.52. The van der Waals surface area contributed by atoms with Gasteiger partial charge in [0.2, 0.25) is 5.91 Å². The first-order valence-corrected chi connectivity index (χ1v) is 5.34. The van der Waals surface area contributed by atoms with Crippen molar-refractivity contribution in [1.29, 1.82) is 5.26 Å². The lowest BCUT2D eigenvalue weighted by Gasteiger charge is -2.34. The van der Waals surface area contributed by atoms with E-state index in [1.807, 2.05) is 12.1 Å². The van der Waals surface area contributed by atoms with E-state index in [0.29, 0.717) is 18.7 Å². The summed E-state index contributed by atoms with van der Waals surface area (Å²) < 4.78 is 0. The summed E-state index contributed by atoms with van der Waals surface area (Å²) in [7, 11) is 0. The number of aliphatic hydroxyl groups is 1. The summed E-state index contributed by atoms with van der Waals surface area (Å²) in [6, 6.07) is 9.08. The highest BCUT2D eigenvalue weighted by Crippen LogP contribution is 2.10. The topological polar surface area (TPSA) is 64.3 Å². The average molecular weight is 228 g/mol. The zero-order valence-corrected chi connectivity index (χ0v) is 9.21. The highest BCUT2D eigenvalue weighted by Gasteiger charge is 2.26. The Kier molecular flexibility index (Phi) is 3.22. The first-order valence-electron chi connectivity index (χ1n) is 5.34. The third-order valence-electron chi connectivity index (χ3n) is 2.61. The highest BCUT2D eigenvalue weighted by molar-refractivity contribution is 5.92. The molecule has 0 atom stereocenters. The fourth-order valence-electron chi connectivity index (χ4n) is 1.62. The molecule has 1 heterocycles. The highest BCUT2D eigenvalue weighted by atomic mass is 16.3. The number of carbonyl (C=O) groups excluding carboxylic acids is 1. The fourth-order valence-corrected chi connectivity index (χ4v) is 1.62. The number of benzene rings is 1. The van der Waals surface area contributed by atoms with Gasteiger partial charge in [0.1, 0.15) is 0 Å². The van der Waals surface area contributed by atoms with Crippen LogP contribution in [0.1, 0.15) is 11.1 Å². The van der Waals surface area contributed by atoms with Crippen LogP contribution in [0.4, 0.5) is 0 Å². The van der Waals surface area contributed by atoms with Gasteiger partial charge in [0.05, 0.1) is 17.7 Å². The molecule has 4 heteroatoms. The van der Waals surface area contributed by atoms with Crippen LogP contribution in [0.2, 0.25) is 0 Å². The molecule has 0 radical (unpaired) electrons. The second-order valence-corrected chi connectivity index (χ2v) is 3.97. The van der Waals surface area contributed by atoms with Gasteiger partial charge in [0.25, 0.3) is 0 Å². The molecule has 0 saturated carbocycles. The van der Waals surface area contributed by atoms with Gasteiger partial charge in [0.15, 0.2) is 0 Å². The number of aliphatic hydroxyl groups excluding tert-OH is 1. The molecule has 1 fully saturated rings. The van der Waals surface area contributed by atoms with Crippen LogP contribution in [0.15, 0.2) is 30.3 Å². The normalized spacial score (nSPS) is 15.6. The summed E-state index contributed by atoms with van der Waals surface area (Å²) in [6.07, 6.45) is 2.75. The number of carbonyl (C=O) groups is 1. The Hall–Kier alpha value is -2.12. The van der Waals surface area contributed by atoms with Gasteiger partial charge in [0, 0.05) is 19.2 Å². The minimum absolute atomic E-state index is 0.113. The van der Waals surface area contributed by atoms with Gasteiger partial charge in [-0.15, -0.1) is 0 Å². The Balaban J connectivity index is 2.00. The van der Waals surface area contributed by atoms with Crippen LogP contribution in [0.5, 0.6) is 0 Å². The van der Waals surface area contributed by atoms with Gasteiger partial charge in [-0.3, -0.25) is 4.79 Å². The Labute approximate surface area is 99.4 Å². The summed E-state index contributed by atoms with van der Waals surface area (Å²) in [6.45, 7) is 0.808. The number of hydrogen-bond donors (Lipinski definition) is 1. The first kappa shape index (κ1) is 11.4. The fraction of sp³-hybridized carbons (Fsp3) is 0.231. The van der Waals surface area contributed by atoms with E-state index in [-0.39, 0.29) is 12.0 Å². The molecule has 1 aliphatic rings. The van der Waals surface area contributed by atoms with Crippen molar-refractivity contribution in [2.24, 2.45) is 0 Å². The number of nitriles is 1. The molecule has 1 aromatic carbocycles. The predicted molar refractivity (Wildman–Crippen MR) is 62.8 cm³/mol. The van der Waals surface area contributed by atoms with Crippen molar-refractivity contribution in [2.45, 2.75) is 6.10 Å². The van der Waals surface area contributed by atoms with Crippen molar-refractivity contribution in [3.63, 3.8) is 0 Å². The van der Waals surface area contributed by atoms with Crippen molar-refractivity contribution >= 4 is 12.0 Å². The number of amides is 1. The Morgan fingerprint density at radius 2 is 2.29 bits per heavy atom. The summed E-state index contributed by atoms with van der Waals surface area (Å²) in [5.41, 5.74) is 1.39. The summed E-state index contributed by atoms with van der Waals surface area (Å²) >= 11 is 0. The predicted octanol–water partition coefficient (Wildman–Crippen LogP) is 0.775. The van der Waals surface area contributed by atoms with E-state index in [4.69, 9.17) is 10.4 Å². The molecule has 4 nitrogen and oxygen atoms in total. The van der Waals surface area contributed by atoms with Gasteiger partial charge in [-0.25, -0.2) is 0 Å². The molecule has 1 N–H and O–H groups in total. The van der Waals surface area contributed by atoms with E-state index in [9.17, 15) is 4.79 Å². The molecule has 0 aromatic heterocycles. The van der Waals surface area contributed by atoms with Crippen LogP contribution in [-0.4, -0.2) is 35.1 Å². The van der Waals surface area contributed by atoms with E-state index in [1.54, 1.807) is 29.2 Å². The second kappa shape index (κ2) is 4.81. The first-order chi connectivity index (χ1) is 8.19. The van der Waals surface area contributed by atoms with Crippen molar-refractivity contribution in [3.8, 4) is 6.07 Å². The lowest BCUT2D eigenvalue weighted by atomic mass is 10.1. The maximum atomic E-state index is 11.6. The lowest BCUT2D eigenvalue weighted by molar-refractivity contribution is -0.135. The van der Waals surface area contributed by atoms with E-state index in [0.717, 1.165) is 5.56 Å². The average Bonchev–Trinajstić information content (AvgIpc) is 2.32. The summed E-state index contributed by atoms with van der Waals surface area (Å²) in [4.78, 5) is 13.1. The van der Waals surface area contributed by atoms with Crippen molar-refractivity contribution in [3.05, 3.63) is 41.5 Å². The molecule has 1 aliphatic heterocycles. The van der Waals surface area contributed by atoms with E-state index < -0.39 is 0 Å². The summed E-state index contributed by atoms with van der Waals surface area (Å²) in [5.74, 6) is -0.113. The van der Waals surface area contributed by atoms with Crippen molar-refractivity contribution < 1.29 is 9.90 Å². The summed E-state index contributed by atoms with van der Waals surface area (Å²) in [5, 5.41) is 17.8. The smallest absolute Gasteiger partial charge is 0.246 e. The molecular weight excluding hydrogens is 216 g/mol. The monoisotopic (exact) mass is 228 g/mol. The zero-order chi connectivity index (χ0) is 12.3. The second-order valence-electron chi connectivity index (χ2n) is 3.97. The van der Waals surface area contributed by atoms with Gasteiger partial charge < -0.3 is 10.0 Å². The quantitative estimate of drug-likeness (QED) is 0.760. The minimum atomic E-state index is -0.380. The van der Waals surface area contributed by atoms with Crippen LogP contribution in [0.3, 0.4) is 0 Å². The molecule has 0 bridgehead atoms. The van der Waals surface area contributed by atoms with E-state index in [1.165, 1.54) is 6.08 Å². The minimum Gasteiger partial charge on any atom is -0.389 e. The van der Waals surface area contributed by atoms with Gasteiger partial charge in [-0.1, -0.05) is 12.1 Å². The molecular formula is C13H12N2O2. The van der Waals surface area contributed by atoms with Gasteiger partial charge in [-0.2, -0.15) is 5.26 Å². The van der Waals surface area contributed by atoms with Crippen LogP contribution in [-0.2, 0) is 4.79 Å². The van der Waals surface area contributed by atoms with Gasteiger partial charge in [-0.05, 0) is 23.8 Å². The number of rotatable bonds is 2. The molecule has 17 heavy (non-hydrogen) atoms. The maximum Gasteiger partial charge on any atom is 0.246 e. The van der Waals surface area contributed by atoms with Crippen LogP contribution >= 0.6 is 0 Å². The van der Waals surface area contributed by atoms with Crippen LogP contribution in [0.25, 0.3) is 6.08 Å². The van der Waals surface area contributed by atoms with Crippen molar-refractivity contribution in [2.75, 3.05) is 13.1 Å². The Morgan fingerprint density at radius 1 is 1.53 bits per heavy atom. The van der Waals surface area contributed by atoms with E-state index >= 15 is 0 Å². The zero-order valence-electron chi connectivity index (χ0n) is 9.21. The number of β-amino-alcohol motifs (C(OH)–C–C–N with tert-alkyl or cyclic N) is 1. The largest absolute Gasteiger partial charge is 0.389 e. The number of likely N-dealkylation sites (tertiary alicyclic amines) is 1. The Morgan fingerprint density at radius 3 is 2.94 bits per heavy atom. The Bertz CT molecular complexity index is 496. The molecule has 0 spiro atoms. The third kappa shape index (κ3) is 2.71. The molecule has 0 unspecified atom stereocenters. The van der Waals surface area contributed by atoms with E-state index in [2.05, 4.69) is 0 Å². The molecule has 0 aliphatic carbocycles. The standard InChI is InChI=1S/C13H12N2O2/c14-7-11-3-1-2-10(6-11)4-5-13(17)15-8-12(16)9-15/h1-6,12,16H,8-9H2/b5-4+. The van der Waals surface area contributed by atoms with Gasteiger partial charge >= 0.3 is 0 Å². The molecule has 1 aromatic rings.